The van der Waals surface area contributed by atoms with Gasteiger partial charge in [-0.3, -0.25) is 19.3 Å². The van der Waals surface area contributed by atoms with Crippen LogP contribution in [0.3, 0.4) is 0 Å². The minimum atomic E-state index is -0.301. The van der Waals surface area contributed by atoms with E-state index in [2.05, 4.69) is 23.5 Å². The molecule has 3 amide bonds. The maximum Gasteiger partial charge on any atom is 0.256 e. The van der Waals surface area contributed by atoms with Crippen molar-refractivity contribution in [1.82, 2.24) is 0 Å². The summed E-state index contributed by atoms with van der Waals surface area (Å²) in [7, 11) is 0. The van der Waals surface area contributed by atoms with E-state index >= 15 is 0 Å². The van der Waals surface area contributed by atoms with Gasteiger partial charge in [0.05, 0.1) is 23.1 Å². The minimum Gasteiger partial charge on any atom is -0.312 e. The Bertz CT molecular complexity index is 1210. The molecule has 0 radical (unpaired) electrons. The number of aryl methyl sites for hydroxylation is 1. The first kappa shape index (κ1) is 19.4. The third-order valence-electron chi connectivity index (χ3n) is 7.37. The van der Waals surface area contributed by atoms with Gasteiger partial charge in [-0.1, -0.05) is 12.2 Å². The van der Waals surface area contributed by atoms with Crippen LogP contribution in [0.1, 0.15) is 45.6 Å². The number of fused-ring (bicyclic) bond motifs is 6. The van der Waals surface area contributed by atoms with E-state index in [0.29, 0.717) is 21.8 Å². The highest BCUT2D eigenvalue weighted by Gasteiger charge is 2.59. The van der Waals surface area contributed by atoms with Crippen molar-refractivity contribution in [3.8, 4) is 6.07 Å². The number of thiophene rings is 1. The van der Waals surface area contributed by atoms with Crippen LogP contribution < -0.4 is 10.2 Å². The van der Waals surface area contributed by atoms with Crippen LogP contribution >= 0.6 is 11.3 Å². The van der Waals surface area contributed by atoms with E-state index in [-0.39, 0.29) is 41.4 Å². The summed E-state index contributed by atoms with van der Waals surface area (Å²) in [4.78, 5) is 41.3. The van der Waals surface area contributed by atoms with E-state index in [1.54, 1.807) is 24.3 Å². The predicted octanol–water partition coefficient (Wildman–Crippen LogP) is 4.06. The molecule has 4 aliphatic rings. The maximum absolute atomic E-state index is 13.0. The summed E-state index contributed by atoms with van der Waals surface area (Å²) in [5.74, 6) is -0.701. The van der Waals surface area contributed by atoms with Crippen LogP contribution in [-0.2, 0) is 22.4 Å². The molecule has 160 valence electrons. The third-order valence-corrected chi connectivity index (χ3v) is 8.58. The fraction of sp³-hybridized carbons (Fsp3) is 0.360. The number of hydrogen-bond acceptors (Lipinski definition) is 5. The van der Waals surface area contributed by atoms with Gasteiger partial charge in [-0.2, -0.15) is 5.26 Å². The van der Waals surface area contributed by atoms with Crippen LogP contribution in [0.25, 0.3) is 0 Å². The Balaban J connectivity index is 1.22. The normalized spacial score (nSPS) is 27.4. The number of carbonyl (C=O) groups excluding carboxylic acids is 3. The van der Waals surface area contributed by atoms with Gasteiger partial charge in [-0.05, 0) is 73.8 Å². The molecule has 1 saturated carbocycles. The zero-order valence-corrected chi connectivity index (χ0v) is 18.2. The molecule has 0 spiro atoms. The van der Waals surface area contributed by atoms with E-state index in [0.717, 1.165) is 37.7 Å². The molecule has 2 heterocycles. The second kappa shape index (κ2) is 7.14. The molecule has 1 saturated heterocycles. The standard InChI is InChI=1S/C25H21N3O3S/c26-12-18-17-3-1-2-4-19(17)32-23(18)27-22(29)13-7-9-16(10-8-13)28-24(30)20-14-5-6-15(11-14)21(20)25(28)31/h5-10,14-15,20-21H,1-4,11H2,(H,27,29)/t14-,15-,20-,21-/m0/s1. The van der Waals surface area contributed by atoms with Gasteiger partial charge in [0.2, 0.25) is 11.8 Å². The fourth-order valence-electron chi connectivity index (χ4n) is 5.87. The van der Waals surface area contributed by atoms with Crippen molar-refractivity contribution in [3.63, 3.8) is 0 Å². The summed E-state index contributed by atoms with van der Waals surface area (Å²) in [6.07, 6.45) is 9.07. The second-order valence-corrected chi connectivity index (χ2v) is 10.1. The molecule has 1 aromatic heterocycles. The molecule has 4 atom stereocenters. The van der Waals surface area contributed by atoms with Gasteiger partial charge in [0.1, 0.15) is 11.1 Å². The average Bonchev–Trinajstić information content (AvgIpc) is 3.55. The first-order valence-corrected chi connectivity index (χ1v) is 11.9. The number of benzene rings is 1. The number of anilines is 2. The van der Waals surface area contributed by atoms with E-state index < -0.39 is 0 Å². The molecule has 2 fully saturated rings. The highest BCUT2D eigenvalue weighted by molar-refractivity contribution is 7.16. The molecule has 2 aromatic rings. The monoisotopic (exact) mass is 443 g/mol. The molecule has 2 bridgehead atoms. The molecule has 1 aliphatic heterocycles. The maximum atomic E-state index is 13.0. The molecule has 1 aromatic carbocycles. The lowest BCUT2D eigenvalue weighted by Crippen LogP contribution is -2.32. The average molecular weight is 444 g/mol. The Morgan fingerprint density at radius 1 is 1.03 bits per heavy atom. The van der Waals surface area contributed by atoms with Crippen molar-refractivity contribution in [2.24, 2.45) is 23.7 Å². The zero-order valence-electron chi connectivity index (χ0n) is 17.3. The summed E-state index contributed by atoms with van der Waals surface area (Å²) >= 11 is 1.49. The molecule has 6 nitrogen and oxygen atoms in total. The summed E-state index contributed by atoms with van der Waals surface area (Å²) in [6, 6.07) is 8.84. The molecule has 32 heavy (non-hydrogen) atoms. The number of hydrogen-bond donors (Lipinski definition) is 1. The van der Waals surface area contributed by atoms with Gasteiger partial charge in [0, 0.05) is 10.4 Å². The van der Waals surface area contributed by atoms with Crippen molar-refractivity contribution in [2.45, 2.75) is 32.1 Å². The third kappa shape index (κ3) is 2.72. The van der Waals surface area contributed by atoms with Gasteiger partial charge in [0.25, 0.3) is 5.91 Å². The number of amides is 3. The highest BCUT2D eigenvalue weighted by Crippen LogP contribution is 2.53. The van der Waals surface area contributed by atoms with Gasteiger partial charge >= 0.3 is 0 Å². The Labute approximate surface area is 189 Å². The van der Waals surface area contributed by atoms with Crippen molar-refractivity contribution in [3.05, 3.63) is 58.0 Å². The molecular weight excluding hydrogens is 422 g/mol. The first-order valence-electron chi connectivity index (χ1n) is 11.1. The summed E-state index contributed by atoms with van der Waals surface area (Å²) < 4.78 is 0. The Kier molecular flexibility index (Phi) is 4.34. The number of nitrogens with zero attached hydrogens (tertiary/aromatic N) is 2. The number of nitrogens with one attached hydrogen (secondary N) is 1. The van der Waals surface area contributed by atoms with Gasteiger partial charge in [-0.25, -0.2) is 0 Å². The van der Waals surface area contributed by atoms with Crippen LogP contribution in [0, 0.1) is 35.0 Å². The molecule has 1 N–H and O–H groups in total. The largest absolute Gasteiger partial charge is 0.312 e. The predicted molar refractivity (Wildman–Crippen MR) is 120 cm³/mol. The lowest BCUT2D eigenvalue weighted by molar-refractivity contribution is -0.123. The number of nitriles is 1. The number of rotatable bonds is 3. The fourth-order valence-corrected chi connectivity index (χ4v) is 7.10. The summed E-state index contributed by atoms with van der Waals surface area (Å²) in [5.41, 5.74) is 2.59. The van der Waals surface area contributed by atoms with Crippen molar-refractivity contribution < 1.29 is 14.4 Å². The van der Waals surface area contributed by atoms with Crippen LogP contribution in [0.4, 0.5) is 10.7 Å². The second-order valence-electron chi connectivity index (χ2n) is 9.04. The highest BCUT2D eigenvalue weighted by atomic mass is 32.1. The molecule has 0 unspecified atom stereocenters. The number of imide groups is 1. The topological polar surface area (TPSA) is 90.3 Å². The molecule has 7 heteroatoms. The van der Waals surface area contributed by atoms with Crippen molar-refractivity contribution >= 4 is 39.7 Å². The van der Waals surface area contributed by atoms with Gasteiger partial charge in [-0.15, -0.1) is 11.3 Å². The van der Waals surface area contributed by atoms with E-state index in [4.69, 9.17) is 0 Å². The van der Waals surface area contributed by atoms with Crippen LogP contribution in [0.5, 0.6) is 0 Å². The Morgan fingerprint density at radius 2 is 1.69 bits per heavy atom. The summed E-state index contributed by atoms with van der Waals surface area (Å²) in [6.45, 7) is 0. The van der Waals surface area contributed by atoms with E-state index in [1.807, 2.05) is 0 Å². The van der Waals surface area contributed by atoms with Crippen LogP contribution in [-0.4, -0.2) is 17.7 Å². The Morgan fingerprint density at radius 3 is 2.34 bits per heavy atom. The molecule has 3 aliphatic carbocycles. The zero-order chi connectivity index (χ0) is 22.0. The molecular formula is C25H21N3O3S. The van der Waals surface area contributed by atoms with Crippen molar-refractivity contribution in [1.29, 1.82) is 5.26 Å². The number of carbonyl (C=O) groups is 3. The van der Waals surface area contributed by atoms with Crippen molar-refractivity contribution in [2.75, 3.05) is 10.2 Å². The quantitative estimate of drug-likeness (QED) is 0.572. The van der Waals surface area contributed by atoms with Gasteiger partial charge in [0.15, 0.2) is 0 Å². The molecule has 6 rings (SSSR count). The van der Waals surface area contributed by atoms with E-state index in [1.165, 1.54) is 21.1 Å². The number of allylic oxidation sites excluding steroid dienone is 2. The van der Waals surface area contributed by atoms with Crippen LogP contribution in [0.2, 0.25) is 0 Å². The van der Waals surface area contributed by atoms with Gasteiger partial charge < -0.3 is 5.32 Å². The smallest absolute Gasteiger partial charge is 0.256 e. The lowest BCUT2D eigenvalue weighted by atomic mass is 9.85. The Hall–Kier alpha value is -3.24. The lowest BCUT2D eigenvalue weighted by Gasteiger charge is -2.17. The van der Waals surface area contributed by atoms with Crippen LogP contribution in [0.15, 0.2) is 36.4 Å². The summed E-state index contributed by atoms with van der Waals surface area (Å²) in [5, 5.41) is 13.1. The first-order chi connectivity index (χ1) is 15.6. The van der Waals surface area contributed by atoms with E-state index in [9.17, 15) is 19.6 Å². The minimum absolute atomic E-state index is 0.128. The SMILES string of the molecule is N#Cc1c(NC(=O)c2ccc(N3C(=O)[C@@H]4[C@@H](C3=O)[C@H]3C=C[C@H]4C3)cc2)sc2c1CCCC2.